The van der Waals surface area contributed by atoms with E-state index in [2.05, 4.69) is 6.92 Å². The maximum Gasteiger partial charge on any atom is 0.166 e. The normalized spacial score (nSPS) is 19.1. The van der Waals surface area contributed by atoms with Crippen LogP contribution in [-0.4, -0.2) is 26.6 Å². The van der Waals surface area contributed by atoms with Gasteiger partial charge in [-0.1, -0.05) is 44.4 Å². The molecule has 6 heteroatoms. The van der Waals surface area contributed by atoms with E-state index in [1.54, 1.807) is 6.07 Å². The summed E-state index contributed by atoms with van der Waals surface area (Å²) in [4.78, 5) is 0. The van der Waals surface area contributed by atoms with E-state index in [4.69, 9.17) is 14.2 Å². The van der Waals surface area contributed by atoms with Gasteiger partial charge in [0.1, 0.15) is 0 Å². The number of hydrogen-bond acceptors (Lipinski definition) is 3. The fourth-order valence-electron chi connectivity index (χ4n) is 3.78. The van der Waals surface area contributed by atoms with E-state index in [-0.39, 0.29) is 41.3 Å². The van der Waals surface area contributed by atoms with Crippen LogP contribution in [-0.2, 0) is 9.47 Å². The predicted octanol–water partition coefficient (Wildman–Crippen LogP) is 6.60. The monoisotopic (exact) mass is 422 g/mol. The number of hydrogen-bond donors (Lipinski definition) is 0. The van der Waals surface area contributed by atoms with E-state index >= 15 is 0 Å². The second-order valence-electron chi connectivity index (χ2n) is 7.65. The highest BCUT2D eigenvalue weighted by Gasteiger charge is 2.27. The van der Waals surface area contributed by atoms with Crippen molar-refractivity contribution in [2.24, 2.45) is 0 Å². The van der Waals surface area contributed by atoms with E-state index in [0.717, 1.165) is 18.9 Å². The van der Waals surface area contributed by atoms with Crippen molar-refractivity contribution >= 4 is 0 Å². The summed E-state index contributed by atoms with van der Waals surface area (Å²) in [7, 11) is 1.35. The Kier molecular flexibility index (Phi) is 8.16. The number of rotatable bonds is 9. The molecule has 0 saturated carbocycles. The Morgan fingerprint density at radius 3 is 2.50 bits per heavy atom. The lowest BCUT2D eigenvalue weighted by molar-refractivity contribution is -0.168. The van der Waals surface area contributed by atoms with Gasteiger partial charge in [-0.05, 0) is 42.5 Å². The number of benzene rings is 2. The zero-order chi connectivity index (χ0) is 21.5. The van der Waals surface area contributed by atoms with Gasteiger partial charge >= 0.3 is 0 Å². The molecule has 0 bridgehead atoms. The average molecular weight is 422 g/mol. The zero-order valence-corrected chi connectivity index (χ0v) is 17.6. The van der Waals surface area contributed by atoms with Gasteiger partial charge in [0.25, 0.3) is 0 Å². The van der Waals surface area contributed by atoms with Gasteiger partial charge in [0.05, 0.1) is 13.7 Å². The molecule has 2 atom stereocenters. The zero-order valence-electron chi connectivity index (χ0n) is 17.6. The van der Waals surface area contributed by atoms with Gasteiger partial charge in [0.2, 0.25) is 0 Å². The molecular formula is C24H29F3O3. The second-order valence-corrected chi connectivity index (χ2v) is 7.65. The van der Waals surface area contributed by atoms with Crippen molar-refractivity contribution in [2.45, 2.75) is 57.7 Å². The summed E-state index contributed by atoms with van der Waals surface area (Å²) in [6.07, 6.45) is 5.54. The molecule has 0 aromatic heterocycles. The lowest BCUT2D eigenvalue weighted by atomic mass is 9.90. The number of halogens is 3. The van der Waals surface area contributed by atoms with Gasteiger partial charge in [-0.2, -0.15) is 0 Å². The summed E-state index contributed by atoms with van der Waals surface area (Å²) in [6, 6.07) is 7.10. The molecule has 0 amide bonds. The molecule has 2 unspecified atom stereocenters. The largest absolute Gasteiger partial charge is 0.494 e. The smallest absolute Gasteiger partial charge is 0.166 e. The fourth-order valence-corrected chi connectivity index (χ4v) is 3.78. The fraction of sp³-hybridized carbons (Fsp3) is 0.500. The minimum atomic E-state index is -0.980. The summed E-state index contributed by atoms with van der Waals surface area (Å²) < 4.78 is 59.9. The molecule has 164 valence electrons. The van der Waals surface area contributed by atoms with Crippen molar-refractivity contribution < 1.29 is 27.4 Å². The summed E-state index contributed by atoms with van der Waals surface area (Å²) in [5.74, 6) is -2.69. The van der Waals surface area contributed by atoms with Gasteiger partial charge < -0.3 is 14.2 Å². The SMILES string of the molecule is CCCCCCOC1CCC(c2ccc(-c3ccc(OC)c(F)c3)c(F)c2F)CO1. The van der Waals surface area contributed by atoms with Crippen LogP contribution in [0.2, 0.25) is 0 Å². The molecule has 3 rings (SSSR count). The summed E-state index contributed by atoms with van der Waals surface area (Å²) in [6.45, 7) is 3.10. The van der Waals surface area contributed by atoms with Crippen LogP contribution in [0.15, 0.2) is 30.3 Å². The Hall–Kier alpha value is -2.05. The van der Waals surface area contributed by atoms with Gasteiger partial charge in [0.15, 0.2) is 29.5 Å². The molecule has 1 saturated heterocycles. The van der Waals surface area contributed by atoms with Crippen molar-refractivity contribution in [1.29, 1.82) is 0 Å². The van der Waals surface area contributed by atoms with E-state index < -0.39 is 17.5 Å². The first-order valence-corrected chi connectivity index (χ1v) is 10.6. The van der Waals surface area contributed by atoms with E-state index in [1.807, 2.05) is 0 Å². The molecule has 1 aliphatic rings. The first-order chi connectivity index (χ1) is 14.5. The number of ether oxygens (including phenoxy) is 3. The maximum absolute atomic E-state index is 14.8. The quantitative estimate of drug-likeness (QED) is 0.426. The Labute approximate surface area is 176 Å². The molecule has 2 aromatic rings. The Morgan fingerprint density at radius 2 is 1.83 bits per heavy atom. The van der Waals surface area contributed by atoms with Crippen molar-refractivity contribution in [3.63, 3.8) is 0 Å². The van der Waals surface area contributed by atoms with E-state index in [1.165, 1.54) is 38.2 Å². The first-order valence-electron chi connectivity index (χ1n) is 10.6. The van der Waals surface area contributed by atoms with Crippen LogP contribution >= 0.6 is 0 Å². The topological polar surface area (TPSA) is 27.7 Å². The number of methoxy groups -OCH3 is 1. The van der Waals surface area contributed by atoms with Gasteiger partial charge in [-0.15, -0.1) is 0 Å². The van der Waals surface area contributed by atoms with Crippen LogP contribution in [0.25, 0.3) is 11.1 Å². The molecule has 3 nitrogen and oxygen atoms in total. The number of unbranched alkanes of at least 4 members (excludes halogenated alkanes) is 3. The van der Waals surface area contributed by atoms with Crippen LogP contribution in [0.5, 0.6) is 5.75 Å². The van der Waals surface area contributed by atoms with Gasteiger partial charge in [0, 0.05) is 18.1 Å². The van der Waals surface area contributed by atoms with Crippen molar-refractivity contribution in [3.05, 3.63) is 53.3 Å². The van der Waals surface area contributed by atoms with Crippen LogP contribution in [0, 0.1) is 17.5 Å². The Bertz CT molecular complexity index is 833. The average Bonchev–Trinajstić information content (AvgIpc) is 2.76. The molecule has 1 heterocycles. The third-order valence-electron chi connectivity index (χ3n) is 5.55. The molecular weight excluding hydrogens is 393 g/mol. The van der Waals surface area contributed by atoms with Crippen LogP contribution in [0.4, 0.5) is 13.2 Å². The van der Waals surface area contributed by atoms with Crippen LogP contribution < -0.4 is 4.74 Å². The third-order valence-corrected chi connectivity index (χ3v) is 5.55. The lowest BCUT2D eigenvalue weighted by Gasteiger charge is -2.29. The lowest BCUT2D eigenvalue weighted by Crippen LogP contribution is -2.28. The highest BCUT2D eigenvalue weighted by Crippen LogP contribution is 2.35. The minimum absolute atomic E-state index is 0.0165. The third kappa shape index (κ3) is 5.35. The van der Waals surface area contributed by atoms with Crippen LogP contribution in [0.3, 0.4) is 0 Å². The summed E-state index contributed by atoms with van der Waals surface area (Å²) in [5, 5.41) is 0. The van der Waals surface area contributed by atoms with E-state index in [9.17, 15) is 13.2 Å². The Morgan fingerprint density at radius 1 is 1.00 bits per heavy atom. The summed E-state index contributed by atoms with van der Waals surface area (Å²) in [5.41, 5.74) is 0.558. The van der Waals surface area contributed by atoms with Crippen molar-refractivity contribution in [1.82, 2.24) is 0 Å². The molecule has 30 heavy (non-hydrogen) atoms. The van der Waals surface area contributed by atoms with Crippen molar-refractivity contribution in [2.75, 3.05) is 20.3 Å². The highest BCUT2D eigenvalue weighted by molar-refractivity contribution is 5.66. The predicted molar refractivity (Wildman–Crippen MR) is 110 cm³/mol. The molecule has 1 aliphatic heterocycles. The molecule has 0 aliphatic carbocycles. The summed E-state index contributed by atoms with van der Waals surface area (Å²) >= 11 is 0. The molecule has 0 N–H and O–H groups in total. The molecule has 0 spiro atoms. The van der Waals surface area contributed by atoms with E-state index in [0.29, 0.717) is 19.4 Å². The molecule has 0 radical (unpaired) electrons. The maximum atomic E-state index is 14.8. The molecule has 1 fully saturated rings. The van der Waals surface area contributed by atoms with Crippen LogP contribution in [0.1, 0.15) is 56.9 Å². The second kappa shape index (κ2) is 10.8. The van der Waals surface area contributed by atoms with Crippen molar-refractivity contribution in [3.8, 4) is 16.9 Å². The standard InChI is InChI=1S/C24H29F3O3/c1-3-4-5-6-13-29-22-12-8-17(15-30-22)19-10-9-18(23(26)24(19)27)16-7-11-21(28-2)20(25)14-16/h7,9-11,14,17,22H,3-6,8,12-13,15H2,1-2H3. The molecule has 2 aromatic carbocycles. The van der Waals surface area contributed by atoms with Gasteiger partial charge in [-0.3, -0.25) is 0 Å². The highest BCUT2D eigenvalue weighted by atomic mass is 19.2. The Balaban J connectivity index is 1.63. The first kappa shape index (κ1) is 22.6. The van der Waals surface area contributed by atoms with Gasteiger partial charge in [-0.25, -0.2) is 13.2 Å². The minimum Gasteiger partial charge on any atom is -0.494 e.